The number of ether oxygens (including phenoxy) is 1. The van der Waals surface area contributed by atoms with Crippen LogP contribution in [0, 0.1) is 6.92 Å². The van der Waals surface area contributed by atoms with Crippen LogP contribution in [0.15, 0.2) is 41.5 Å². The van der Waals surface area contributed by atoms with Gasteiger partial charge in [-0.2, -0.15) is 0 Å². The molecule has 2 aliphatic heterocycles. The zero-order chi connectivity index (χ0) is 18.6. The number of likely N-dealkylation sites (tertiary alicyclic amines) is 1. The fourth-order valence-electron chi connectivity index (χ4n) is 3.92. The molecular formula is C20H27N5OS. The van der Waals surface area contributed by atoms with Crippen LogP contribution < -0.4 is 5.32 Å². The van der Waals surface area contributed by atoms with Crippen molar-refractivity contribution in [3.8, 4) is 0 Å². The molecule has 0 spiro atoms. The maximum Gasteiger partial charge on any atom is 0.194 e. The van der Waals surface area contributed by atoms with E-state index < -0.39 is 0 Å². The summed E-state index contributed by atoms with van der Waals surface area (Å²) in [7, 11) is 1.85. The molecule has 1 aromatic heterocycles. The quantitative estimate of drug-likeness (QED) is 0.645. The highest BCUT2D eigenvalue weighted by atomic mass is 32.1. The lowest BCUT2D eigenvalue weighted by Crippen LogP contribution is -2.50. The Labute approximate surface area is 164 Å². The standard InChI is InChI=1S/C20H27N5OS/c1-15-10-22-19(27-15)11-23-20(21-2)25-13-17-18(14-25)26-9-8-24(17)12-16-6-4-3-5-7-16/h3-7,10,17-18H,8-9,11-14H2,1-2H3,(H,21,23). The zero-order valence-corrected chi connectivity index (χ0v) is 16.8. The van der Waals surface area contributed by atoms with Crippen molar-refractivity contribution >= 4 is 17.3 Å². The number of nitrogens with one attached hydrogen (secondary N) is 1. The number of aryl methyl sites for hydroxylation is 1. The second-order valence-corrected chi connectivity index (χ2v) is 8.42. The van der Waals surface area contributed by atoms with Crippen molar-refractivity contribution in [3.63, 3.8) is 0 Å². The highest BCUT2D eigenvalue weighted by molar-refractivity contribution is 7.11. The Kier molecular flexibility index (Phi) is 5.71. The Morgan fingerprint density at radius 1 is 1.33 bits per heavy atom. The van der Waals surface area contributed by atoms with Crippen LogP contribution >= 0.6 is 11.3 Å². The monoisotopic (exact) mass is 385 g/mol. The number of rotatable bonds is 4. The Bertz CT molecular complexity index is 778. The number of benzene rings is 1. The molecule has 2 unspecified atom stereocenters. The molecule has 27 heavy (non-hydrogen) atoms. The summed E-state index contributed by atoms with van der Waals surface area (Å²) in [5.74, 6) is 0.931. The van der Waals surface area contributed by atoms with E-state index in [0.29, 0.717) is 12.6 Å². The van der Waals surface area contributed by atoms with Crippen LogP contribution in [0.25, 0.3) is 0 Å². The number of hydrogen-bond donors (Lipinski definition) is 1. The zero-order valence-electron chi connectivity index (χ0n) is 16.0. The van der Waals surface area contributed by atoms with Gasteiger partial charge in [-0.3, -0.25) is 9.89 Å². The Morgan fingerprint density at radius 2 is 2.19 bits per heavy atom. The first-order valence-electron chi connectivity index (χ1n) is 9.49. The molecule has 1 aromatic carbocycles. The summed E-state index contributed by atoms with van der Waals surface area (Å²) in [4.78, 5) is 15.0. The molecular weight excluding hydrogens is 358 g/mol. The van der Waals surface area contributed by atoms with Gasteiger partial charge >= 0.3 is 0 Å². The number of morpholine rings is 1. The highest BCUT2D eigenvalue weighted by Gasteiger charge is 2.41. The molecule has 0 bridgehead atoms. The summed E-state index contributed by atoms with van der Waals surface area (Å²) in [6.07, 6.45) is 2.16. The third-order valence-corrected chi connectivity index (χ3v) is 6.14. The van der Waals surface area contributed by atoms with E-state index in [1.807, 2.05) is 13.2 Å². The van der Waals surface area contributed by atoms with E-state index in [2.05, 4.69) is 62.3 Å². The van der Waals surface area contributed by atoms with Crippen molar-refractivity contribution in [1.29, 1.82) is 0 Å². The number of guanidine groups is 1. The normalized spacial score (nSPS) is 23.5. The van der Waals surface area contributed by atoms with Crippen LogP contribution in [-0.4, -0.2) is 66.2 Å². The van der Waals surface area contributed by atoms with Gasteiger partial charge in [0.1, 0.15) is 5.01 Å². The van der Waals surface area contributed by atoms with E-state index >= 15 is 0 Å². The van der Waals surface area contributed by atoms with Crippen LogP contribution in [0.4, 0.5) is 0 Å². The van der Waals surface area contributed by atoms with Crippen LogP contribution in [0.1, 0.15) is 15.4 Å². The number of thiazole rings is 1. The van der Waals surface area contributed by atoms with Crippen LogP contribution in [-0.2, 0) is 17.8 Å². The Balaban J connectivity index is 1.39. The molecule has 0 aliphatic carbocycles. The largest absolute Gasteiger partial charge is 0.373 e. The minimum atomic E-state index is 0.239. The van der Waals surface area contributed by atoms with Gasteiger partial charge in [0.15, 0.2) is 5.96 Å². The third-order valence-electron chi connectivity index (χ3n) is 5.22. The second kappa shape index (κ2) is 8.37. The molecule has 0 saturated carbocycles. The van der Waals surface area contributed by atoms with Crippen molar-refractivity contribution in [1.82, 2.24) is 20.1 Å². The lowest BCUT2D eigenvalue weighted by molar-refractivity contribution is -0.0502. The molecule has 1 N–H and O–H groups in total. The van der Waals surface area contributed by atoms with Gasteiger partial charge in [0.25, 0.3) is 0 Å². The minimum absolute atomic E-state index is 0.239. The topological polar surface area (TPSA) is 53.0 Å². The van der Waals surface area contributed by atoms with Crippen molar-refractivity contribution in [2.75, 3.05) is 33.3 Å². The minimum Gasteiger partial charge on any atom is -0.373 e. The van der Waals surface area contributed by atoms with Gasteiger partial charge < -0.3 is 15.0 Å². The molecule has 4 rings (SSSR count). The molecule has 6 nitrogen and oxygen atoms in total. The first-order valence-corrected chi connectivity index (χ1v) is 10.3. The summed E-state index contributed by atoms with van der Waals surface area (Å²) in [6, 6.07) is 11.1. The van der Waals surface area contributed by atoms with E-state index in [4.69, 9.17) is 4.74 Å². The van der Waals surface area contributed by atoms with Crippen LogP contribution in [0.5, 0.6) is 0 Å². The van der Waals surface area contributed by atoms with Gasteiger partial charge in [0.05, 0.1) is 25.3 Å². The van der Waals surface area contributed by atoms with Crippen molar-refractivity contribution < 1.29 is 4.74 Å². The van der Waals surface area contributed by atoms with Gasteiger partial charge in [0, 0.05) is 44.3 Å². The summed E-state index contributed by atoms with van der Waals surface area (Å²) in [5, 5.41) is 4.55. The molecule has 3 heterocycles. The predicted octanol–water partition coefficient (Wildman–Crippen LogP) is 2.11. The molecule has 0 amide bonds. The van der Waals surface area contributed by atoms with E-state index in [9.17, 15) is 0 Å². The average molecular weight is 386 g/mol. The lowest BCUT2D eigenvalue weighted by atomic mass is 10.1. The molecule has 2 aliphatic rings. The average Bonchev–Trinajstić information content (AvgIpc) is 3.30. The molecule has 144 valence electrons. The van der Waals surface area contributed by atoms with Crippen molar-refractivity contribution in [2.24, 2.45) is 4.99 Å². The van der Waals surface area contributed by atoms with Gasteiger partial charge in [-0.1, -0.05) is 30.3 Å². The molecule has 2 saturated heterocycles. The summed E-state index contributed by atoms with van der Waals surface area (Å²) in [6.45, 7) is 7.37. The summed E-state index contributed by atoms with van der Waals surface area (Å²) >= 11 is 1.72. The molecule has 2 fully saturated rings. The van der Waals surface area contributed by atoms with E-state index in [-0.39, 0.29) is 6.10 Å². The van der Waals surface area contributed by atoms with Crippen molar-refractivity contribution in [3.05, 3.63) is 52.0 Å². The van der Waals surface area contributed by atoms with Crippen LogP contribution in [0.2, 0.25) is 0 Å². The number of nitrogens with zero attached hydrogens (tertiary/aromatic N) is 4. The van der Waals surface area contributed by atoms with Gasteiger partial charge in [-0.15, -0.1) is 11.3 Å². The number of aliphatic imine (C=N–C) groups is 1. The lowest BCUT2D eigenvalue weighted by Gasteiger charge is -2.36. The predicted molar refractivity (Wildman–Crippen MR) is 109 cm³/mol. The fraction of sp³-hybridized carbons (Fsp3) is 0.500. The number of fused-ring (bicyclic) bond motifs is 1. The van der Waals surface area contributed by atoms with Gasteiger partial charge in [-0.25, -0.2) is 4.98 Å². The van der Waals surface area contributed by atoms with Gasteiger partial charge in [-0.05, 0) is 12.5 Å². The third kappa shape index (κ3) is 4.31. The maximum absolute atomic E-state index is 6.08. The Hall–Kier alpha value is -1.96. The van der Waals surface area contributed by atoms with Crippen molar-refractivity contribution in [2.45, 2.75) is 32.2 Å². The Morgan fingerprint density at radius 3 is 2.93 bits per heavy atom. The fourth-order valence-corrected chi connectivity index (χ4v) is 4.64. The summed E-state index contributed by atoms with van der Waals surface area (Å²) < 4.78 is 6.08. The molecule has 2 aromatic rings. The highest BCUT2D eigenvalue weighted by Crippen LogP contribution is 2.24. The van der Waals surface area contributed by atoms with E-state index in [1.165, 1.54) is 10.4 Å². The smallest absolute Gasteiger partial charge is 0.194 e. The first kappa shape index (κ1) is 18.4. The molecule has 7 heteroatoms. The molecule has 0 radical (unpaired) electrons. The molecule has 2 atom stereocenters. The SMILES string of the molecule is CN=C(NCc1ncc(C)s1)N1CC2OCCN(Cc3ccccc3)C2C1. The summed E-state index contributed by atoms with van der Waals surface area (Å²) in [5.41, 5.74) is 1.36. The van der Waals surface area contributed by atoms with E-state index in [1.54, 1.807) is 11.3 Å². The van der Waals surface area contributed by atoms with Crippen LogP contribution in [0.3, 0.4) is 0 Å². The van der Waals surface area contributed by atoms with E-state index in [0.717, 1.165) is 43.8 Å². The second-order valence-electron chi connectivity index (χ2n) is 7.10. The maximum atomic E-state index is 6.08. The van der Waals surface area contributed by atoms with Gasteiger partial charge in [0.2, 0.25) is 0 Å². The first-order chi connectivity index (χ1) is 13.2. The number of aromatic nitrogens is 1. The number of hydrogen-bond acceptors (Lipinski definition) is 5.